The standard InChI is InChI=1S/C17H22BrN3/c1-13(16-8-4-5-9-17(16)18)19-12-14-10-11-21(20-14)15-6-2-3-7-15/h4-5,8-11,13,15,19H,2-3,6-7,12H2,1H3/t13-/m0/s1. The van der Waals surface area contributed by atoms with Gasteiger partial charge in [0.1, 0.15) is 0 Å². The first kappa shape index (κ1) is 14.8. The van der Waals surface area contributed by atoms with Gasteiger partial charge in [0.2, 0.25) is 0 Å². The maximum absolute atomic E-state index is 4.72. The number of nitrogens with zero attached hydrogens (tertiary/aromatic N) is 2. The number of hydrogen-bond acceptors (Lipinski definition) is 2. The van der Waals surface area contributed by atoms with Crippen LogP contribution in [0.15, 0.2) is 41.0 Å². The Morgan fingerprint density at radius 1 is 1.29 bits per heavy atom. The number of hydrogen-bond donors (Lipinski definition) is 1. The normalized spacial score (nSPS) is 17.2. The van der Waals surface area contributed by atoms with E-state index in [1.807, 2.05) is 6.07 Å². The highest BCUT2D eigenvalue weighted by molar-refractivity contribution is 9.10. The van der Waals surface area contributed by atoms with Crippen LogP contribution in [0.2, 0.25) is 0 Å². The van der Waals surface area contributed by atoms with Crippen LogP contribution in [0.5, 0.6) is 0 Å². The lowest BCUT2D eigenvalue weighted by Gasteiger charge is -2.15. The number of aromatic nitrogens is 2. The maximum Gasteiger partial charge on any atom is 0.0762 e. The van der Waals surface area contributed by atoms with Crippen LogP contribution in [-0.2, 0) is 6.54 Å². The maximum atomic E-state index is 4.72. The molecular formula is C17H22BrN3. The average molecular weight is 348 g/mol. The largest absolute Gasteiger partial charge is 0.304 e. The second-order valence-corrected chi connectivity index (χ2v) is 6.70. The second kappa shape index (κ2) is 6.75. The fourth-order valence-corrected chi connectivity index (χ4v) is 3.67. The Balaban J connectivity index is 1.59. The topological polar surface area (TPSA) is 29.9 Å². The van der Waals surface area contributed by atoms with Crippen molar-refractivity contribution in [1.82, 2.24) is 15.1 Å². The van der Waals surface area contributed by atoms with Crippen molar-refractivity contribution in [2.45, 2.75) is 51.2 Å². The summed E-state index contributed by atoms with van der Waals surface area (Å²) in [6.45, 7) is 3.00. The van der Waals surface area contributed by atoms with E-state index in [-0.39, 0.29) is 0 Å². The van der Waals surface area contributed by atoms with E-state index in [4.69, 9.17) is 5.10 Å². The van der Waals surface area contributed by atoms with Crippen LogP contribution >= 0.6 is 15.9 Å². The fraction of sp³-hybridized carbons (Fsp3) is 0.471. The molecule has 0 bridgehead atoms. The molecule has 0 spiro atoms. The van der Waals surface area contributed by atoms with E-state index in [2.05, 4.69) is 63.3 Å². The Bertz CT molecular complexity index is 587. The molecule has 3 nitrogen and oxygen atoms in total. The molecule has 3 rings (SSSR count). The summed E-state index contributed by atoms with van der Waals surface area (Å²) >= 11 is 3.61. The van der Waals surface area contributed by atoms with E-state index in [0.29, 0.717) is 12.1 Å². The number of halogens is 1. The van der Waals surface area contributed by atoms with E-state index in [0.717, 1.165) is 16.7 Å². The third-order valence-electron chi connectivity index (χ3n) is 4.32. The van der Waals surface area contributed by atoms with E-state index < -0.39 is 0 Å². The van der Waals surface area contributed by atoms with Crippen LogP contribution in [0.4, 0.5) is 0 Å². The molecule has 0 radical (unpaired) electrons. The summed E-state index contributed by atoms with van der Waals surface area (Å²) in [4.78, 5) is 0. The van der Waals surface area contributed by atoms with Gasteiger partial charge in [-0.1, -0.05) is 47.0 Å². The third kappa shape index (κ3) is 3.55. The van der Waals surface area contributed by atoms with Gasteiger partial charge in [0.05, 0.1) is 11.7 Å². The molecule has 4 heteroatoms. The lowest BCUT2D eigenvalue weighted by Crippen LogP contribution is -2.19. The summed E-state index contributed by atoms with van der Waals surface area (Å²) in [5, 5.41) is 8.28. The zero-order valence-electron chi connectivity index (χ0n) is 12.4. The molecule has 1 aliphatic rings. The second-order valence-electron chi connectivity index (χ2n) is 5.85. The van der Waals surface area contributed by atoms with Crippen LogP contribution < -0.4 is 5.32 Å². The summed E-state index contributed by atoms with van der Waals surface area (Å²) in [7, 11) is 0. The molecule has 21 heavy (non-hydrogen) atoms. The average Bonchev–Trinajstić information content (AvgIpc) is 3.16. The fourth-order valence-electron chi connectivity index (χ4n) is 3.04. The molecular weight excluding hydrogens is 326 g/mol. The minimum Gasteiger partial charge on any atom is -0.304 e. The quantitative estimate of drug-likeness (QED) is 0.855. The summed E-state index contributed by atoms with van der Waals surface area (Å²) in [5.41, 5.74) is 2.41. The van der Waals surface area contributed by atoms with Crippen LogP contribution in [-0.4, -0.2) is 9.78 Å². The Morgan fingerprint density at radius 2 is 2.05 bits per heavy atom. The van der Waals surface area contributed by atoms with E-state index in [9.17, 15) is 0 Å². The molecule has 1 fully saturated rings. The molecule has 0 saturated heterocycles. The predicted molar refractivity (Wildman–Crippen MR) is 89.1 cm³/mol. The number of rotatable bonds is 5. The summed E-state index contributed by atoms with van der Waals surface area (Å²) in [6, 6.07) is 11.4. The number of benzene rings is 1. The monoisotopic (exact) mass is 347 g/mol. The zero-order chi connectivity index (χ0) is 14.7. The molecule has 112 valence electrons. The Kier molecular flexibility index (Phi) is 4.76. The summed E-state index contributed by atoms with van der Waals surface area (Å²) in [5.74, 6) is 0. The van der Waals surface area contributed by atoms with Crippen molar-refractivity contribution in [1.29, 1.82) is 0 Å². The van der Waals surface area contributed by atoms with Gasteiger partial charge in [-0.2, -0.15) is 5.10 Å². The Labute approximate surface area is 134 Å². The highest BCUT2D eigenvalue weighted by Gasteiger charge is 2.17. The lowest BCUT2D eigenvalue weighted by atomic mass is 10.1. The SMILES string of the molecule is C[C@H](NCc1ccn(C2CCCC2)n1)c1ccccc1Br. The van der Waals surface area contributed by atoms with Gasteiger partial charge in [-0.15, -0.1) is 0 Å². The van der Waals surface area contributed by atoms with Crippen LogP contribution in [0, 0.1) is 0 Å². The smallest absolute Gasteiger partial charge is 0.0762 e. The Morgan fingerprint density at radius 3 is 2.81 bits per heavy atom. The van der Waals surface area contributed by atoms with Gasteiger partial charge in [-0.3, -0.25) is 4.68 Å². The van der Waals surface area contributed by atoms with Crippen LogP contribution in [0.3, 0.4) is 0 Å². The minimum atomic E-state index is 0.303. The van der Waals surface area contributed by atoms with Gasteiger partial charge in [-0.05, 0) is 37.5 Å². The molecule has 1 N–H and O–H groups in total. The molecule has 0 amide bonds. The van der Waals surface area contributed by atoms with E-state index >= 15 is 0 Å². The zero-order valence-corrected chi connectivity index (χ0v) is 14.0. The molecule has 1 saturated carbocycles. The van der Waals surface area contributed by atoms with Crippen molar-refractivity contribution in [2.24, 2.45) is 0 Å². The van der Waals surface area contributed by atoms with Gasteiger partial charge in [0.25, 0.3) is 0 Å². The first-order valence-corrected chi connectivity index (χ1v) is 8.55. The van der Waals surface area contributed by atoms with Crippen molar-refractivity contribution in [3.8, 4) is 0 Å². The van der Waals surface area contributed by atoms with Gasteiger partial charge in [-0.25, -0.2) is 0 Å². The van der Waals surface area contributed by atoms with Crippen LogP contribution in [0.25, 0.3) is 0 Å². The molecule has 0 aliphatic heterocycles. The Hall–Kier alpha value is -1.13. The molecule has 1 atom stereocenters. The molecule has 1 heterocycles. The summed E-state index contributed by atoms with van der Waals surface area (Å²) in [6.07, 6.45) is 7.38. The molecule has 1 aromatic carbocycles. The highest BCUT2D eigenvalue weighted by atomic mass is 79.9. The first-order chi connectivity index (χ1) is 10.2. The van der Waals surface area contributed by atoms with Crippen molar-refractivity contribution in [3.63, 3.8) is 0 Å². The molecule has 0 unspecified atom stereocenters. The predicted octanol–water partition coefficient (Wildman–Crippen LogP) is 4.61. The van der Waals surface area contributed by atoms with E-state index in [1.165, 1.54) is 31.2 Å². The van der Waals surface area contributed by atoms with Gasteiger partial charge in [0, 0.05) is 23.3 Å². The molecule has 2 aromatic rings. The van der Waals surface area contributed by atoms with Gasteiger partial charge >= 0.3 is 0 Å². The van der Waals surface area contributed by atoms with E-state index in [1.54, 1.807) is 0 Å². The lowest BCUT2D eigenvalue weighted by molar-refractivity contribution is 0.458. The van der Waals surface area contributed by atoms with Crippen molar-refractivity contribution in [2.75, 3.05) is 0 Å². The van der Waals surface area contributed by atoms with Crippen LogP contribution in [0.1, 0.15) is 55.9 Å². The summed E-state index contributed by atoms with van der Waals surface area (Å²) < 4.78 is 3.31. The van der Waals surface area contributed by atoms with Crippen molar-refractivity contribution in [3.05, 3.63) is 52.3 Å². The van der Waals surface area contributed by atoms with Gasteiger partial charge in [0.15, 0.2) is 0 Å². The van der Waals surface area contributed by atoms with Gasteiger partial charge < -0.3 is 5.32 Å². The molecule has 1 aromatic heterocycles. The third-order valence-corrected chi connectivity index (χ3v) is 5.05. The first-order valence-electron chi connectivity index (χ1n) is 7.76. The highest BCUT2D eigenvalue weighted by Crippen LogP contribution is 2.28. The minimum absolute atomic E-state index is 0.303. The number of nitrogens with one attached hydrogen (secondary N) is 1. The van der Waals surface area contributed by atoms with Crippen molar-refractivity contribution < 1.29 is 0 Å². The van der Waals surface area contributed by atoms with Crippen molar-refractivity contribution >= 4 is 15.9 Å². The molecule has 1 aliphatic carbocycles.